The molecule has 0 bridgehead atoms. The lowest BCUT2D eigenvalue weighted by molar-refractivity contribution is -0.387. The van der Waals surface area contributed by atoms with Gasteiger partial charge in [0.25, 0.3) is 0 Å². The van der Waals surface area contributed by atoms with Crippen molar-refractivity contribution >= 4 is 23.1 Å². The summed E-state index contributed by atoms with van der Waals surface area (Å²) in [6, 6.07) is 7.82. The Morgan fingerprint density at radius 1 is 1.20 bits per heavy atom. The van der Waals surface area contributed by atoms with Gasteiger partial charge in [-0.05, 0) is 29.8 Å². The van der Waals surface area contributed by atoms with E-state index in [9.17, 15) is 18.9 Å². The lowest BCUT2D eigenvalue weighted by Gasteiger charge is -2.04. The van der Waals surface area contributed by atoms with Crippen molar-refractivity contribution in [3.8, 4) is 0 Å². The van der Waals surface area contributed by atoms with E-state index in [2.05, 4.69) is 0 Å². The first-order chi connectivity index (χ1) is 9.45. The first-order valence-electron chi connectivity index (χ1n) is 5.57. The van der Waals surface area contributed by atoms with Crippen molar-refractivity contribution in [3.63, 3.8) is 0 Å². The van der Waals surface area contributed by atoms with Crippen LogP contribution in [0.2, 0.25) is 0 Å². The van der Waals surface area contributed by atoms with Gasteiger partial charge >= 0.3 is 5.69 Å². The largest absolute Gasteiger partial charge is 0.399 e. The second kappa shape index (κ2) is 5.87. The van der Waals surface area contributed by atoms with Crippen LogP contribution >= 0.6 is 11.8 Å². The number of thioether (sulfide) groups is 1. The second-order valence-electron chi connectivity index (χ2n) is 4.05. The Morgan fingerprint density at radius 2 is 1.95 bits per heavy atom. The molecule has 0 aliphatic carbocycles. The molecule has 0 heterocycles. The van der Waals surface area contributed by atoms with Gasteiger partial charge < -0.3 is 5.73 Å². The van der Waals surface area contributed by atoms with Crippen molar-refractivity contribution in [2.75, 3.05) is 5.73 Å². The summed E-state index contributed by atoms with van der Waals surface area (Å²) in [4.78, 5) is 10.3. The molecule has 0 aromatic heterocycles. The van der Waals surface area contributed by atoms with Gasteiger partial charge in [0.2, 0.25) is 5.82 Å². The van der Waals surface area contributed by atoms with Crippen molar-refractivity contribution in [3.05, 3.63) is 63.7 Å². The molecule has 4 nitrogen and oxygen atoms in total. The van der Waals surface area contributed by atoms with Crippen molar-refractivity contribution < 1.29 is 13.7 Å². The van der Waals surface area contributed by atoms with Crippen LogP contribution < -0.4 is 5.73 Å². The number of anilines is 1. The number of nitrogens with zero attached hydrogens (tertiary/aromatic N) is 1. The maximum absolute atomic E-state index is 13.4. The Labute approximate surface area is 117 Å². The number of nitro groups is 1. The van der Waals surface area contributed by atoms with Gasteiger partial charge in [-0.3, -0.25) is 10.1 Å². The summed E-state index contributed by atoms with van der Waals surface area (Å²) in [5, 5.41) is 10.5. The quantitative estimate of drug-likeness (QED) is 0.404. The maximum Gasteiger partial charge on any atom is 0.304 e. The molecule has 0 saturated carbocycles. The Balaban J connectivity index is 2.11. The molecule has 0 aliphatic rings. The van der Waals surface area contributed by atoms with E-state index in [1.54, 1.807) is 6.07 Å². The summed E-state index contributed by atoms with van der Waals surface area (Å²) in [6.07, 6.45) is 0. The van der Waals surface area contributed by atoms with Crippen molar-refractivity contribution in [2.45, 2.75) is 10.6 Å². The van der Waals surface area contributed by atoms with Gasteiger partial charge in [-0.15, -0.1) is 11.8 Å². The summed E-state index contributed by atoms with van der Waals surface area (Å²) in [5.74, 6) is -0.966. The van der Waals surface area contributed by atoms with E-state index in [4.69, 9.17) is 5.73 Å². The number of hydrogen-bond acceptors (Lipinski definition) is 4. The summed E-state index contributed by atoms with van der Waals surface area (Å²) < 4.78 is 26.6. The Kier molecular flexibility index (Phi) is 4.19. The third-order valence-electron chi connectivity index (χ3n) is 2.51. The summed E-state index contributed by atoms with van der Waals surface area (Å²) in [5.41, 5.74) is 5.83. The summed E-state index contributed by atoms with van der Waals surface area (Å²) >= 11 is 1.27. The highest BCUT2D eigenvalue weighted by atomic mass is 32.2. The van der Waals surface area contributed by atoms with Crippen molar-refractivity contribution in [2.24, 2.45) is 0 Å². The first kappa shape index (κ1) is 14.3. The van der Waals surface area contributed by atoms with Crippen LogP contribution in [0.1, 0.15) is 5.56 Å². The number of nitrogen functional groups attached to an aromatic ring is 1. The molecule has 2 aromatic carbocycles. The van der Waals surface area contributed by atoms with Crippen LogP contribution in [-0.4, -0.2) is 4.92 Å². The highest BCUT2D eigenvalue weighted by molar-refractivity contribution is 7.98. The number of nitro benzene ring substituents is 1. The number of halogens is 2. The average Bonchev–Trinajstić information content (AvgIpc) is 2.35. The fraction of sp³-hybridized carbons (Fsp3) is 0.0769. The zero-order valence-corrected chi connectivity index (χ0v) is 11.0. The van der Waals surface area contributed by atoms with Gasteiger partial charge in [-0.2, -0.15) is 4.39 Å². The minimum absolute atomic E-state index is 0.308. The van der Waals surface area contributed by atoms with Gasteiger partial charge in [0, 0.05) is 22.4 Å². The molecule has 0 radical (unpaired) electrons. The van der Waals surface area contributed by atoms with Gasteiger partial charge in [0.15, 0.2) is 0 Å². The molecule has 0 aliphatic heterocycles. The van der Waals surface area contributed by atoms with Crippen LogP contribution in [0.3, 0.4) is 0 Å². The Morgan fingerprint density at radius 3 is 2.55 bits per heavy atom. The third-order valence-corrected chi connectivity index (χ3v) is 3.55. The van der Waals surface area contributed by atoms with Crippen LogP contribution in [0.25, 0.3) is 0 Å². The van der Waals surface area contributed by atoms with Gasteiger partial charge in [-0.1, -0.05) is 6.07 Å². The minimum Gasteiger partial charge on any atom is -0.399 e. The Hall–Kier alpha value is -2.15. The lowest BCUT2D eigenvalue weighted by atomic mass is 10.2. The maximum atomic E-state index is 13.4. The number of rotatable bonds is 4. The SMILES string of the molecule is Nc1cc(F)cc(SCc2ccc([N+](=O)[O-])c(F)c2)c1. The third kappa shape index (κ3) is 3.45. The highest BCUT2D eigenvalue weighted by Gasteiger charge is 2.13. The molecule has 0 fully saturated rings. The molecule has 0 unspecified atom stereocenters. The van der Waals surface area contributed by atoms with Crippen molar-refractivity contribution in [1.29, 1.82) is 0 Å². The van der Waals surface area contributed by atoms with E-state index in [-0.39, 0.29) is 0 Å². The molecule has 0 atom stereocenters. The van der Waals surface area contributed by atoms with Crippen LogP contribution in [0.4, 0.5) is 20.2 Å². The van der Waals surface area contributed by atoms with E-state index < -0.39 is 22.2 Å². The smallest absolute Gasteiger partial charge is 0.304 e. The fourth-order valence-electron chi connectivity index (χ4n) is 1.62. The molecule has 0 amide bonds. The molecule has 2 N–H and O–H groups in total. The standard InChI is InChI=1S/C13H10F2N2O2S/c14-9-4-10(16)6-11(5-9)20-7-8-1-2-13(17(18)19)12(15)3-8/h1-6H,7,16H2. The van der Waals surface area contributed by atoms with Gasteiger partial charge in [0.05, 0.1) is 4.92 Å². The predicted molar refractivity (Wildman–Crippen MR) is 73.4 cm³/mol. The van der Waals surface area contributed by atoms with Crippen LogP contribution in [-0.2, 0) is 5.75 Å². The zero-order valence-electron chi connectivity index (χ0n) is 10.2. The lowest BCUT2D eigenvalue weighted by Crippen LogP contribution is -1.93. The predicted octanol–water partition coefficient (Wildman–Crippen LogP) is 3.75. The van der Waals surface area contributed by atoms with E-state index >= 15 is 0 Å². The molecule has 104 valence electrons. The van der Waals surface area contributed by atoms with E-state index in [1.807, 2.05) is 0 Å². The van der Waals surface area contributed by atoms with Gasteiger partial charge in [-0.25, -0.2) is 4.39 Å². The minimum atomic E-state index is -0.883. The number of benzene rings is 2. The molecule has 0 spiro atoms. The molecular formula is C13H10F2N2O2S. The fourth-order valence-corrected chi connectivity index (χ4v) is 2.55. The van der Waals surface area contributed by atoms with Crippen LogP contribution in [0.15, 0.2) is 41.3 Å². The van der Waals surface area contributed by atoms with Crippen LogP contribution in [0.5, 0.6) is 0 Å². The van der Waals surface area contributed by atoms with Gasteiger partial charge in [0.1, 0.15) is 5.82 Å². The van der Waals surface area contributed by atoms with Crippen molar-refractivity contribution in [1.82, 2.24) is 0 Å². The molecular weight excluding hydrogens is 286 g/mol. The summed E-state index contributed by atoms with van der Waals surface area (Å²) in [7, 11) is 0. The number of hydrogen-bond donors (Lipinski definition) is 1. The highest BCUT2D eigenvalue weighted by Crippen LogP contribution is 2.27. The molecule has 2 rings (SSSR count). The second-order valence-corrected chi connectivity index (χ2v) is 5.10. The molecule has 7 heteroatoms. The zero-order chi connectivity index (χ0) is 14.7. The molecule has 2 aromatic rings. The van der Waals surface area contributed by atoms with E-state index in [1.165, 1.54) is 30.0 Å². The van der Waals surface area contributed by atoms with E-state index in [0.717, 1.165) is 12.1 Å². The number of nitrogens with two attached hydrogens (primary N) is 1. The molecule has 0 saturated heterocycles. The topological polar surface area (TPSA) is 69.2 Å². The monoisotopic (exact) mass is 296 g/mol. The van der Waals surface area contributed by atoms with E-state index in [0.29, 0.717) is 21.9 Å². The van der Waals surface area contributed by atoms with Crippen LogP contribution in [0, 0.1) is 21.7 Å². The average molecular weight is 296 g/mol. The summed E-state index contributed by atoms with van der Waals surface area (Å²) in [6.45, 7) is 0. The molecule has 20 heavy (non-hydrogen) atoms. The normalized spacial score (nSPS) is 10.5. The first-order valence-corrected chi connectivity index (χ1v) is 6.56. The Bertz CT molecular complexity index is 645.